The molecule has 0 saturated heterocycles. The van der Waals surface area contributed by atoms with E-state index in [1.54, 1.807) is 0 Å². The Labute approximate surface area is 91.8 Å². The Morgan fingerprint density at radius 2 is 2.38 bits per heavy atom. The van der Waals surface area contributed by atoms with Crippen molar-refractivity contribution in [1.29, 1.82) is 0 Å². The summed E-state index contributed by atoms with van der Waals surface area (Å²) >= 11 is 2.35. The lowest BCUT2D eigenvalue weighted by molar-refractivity contribution is 0.226. The van der Waals surface area contributed by atoms with Gasteiger partial charge >= 0.3 is 0 Å². The molecule has 70 valence electrons. The minimum atomic E-state index is 0.263. The predicted octanol–water partition coefficient (Wildman–Crippen LogP) is 2.16. The van der Waals surface area contributed by atoms with Crippen LogP contribution in [0.4, 0.5) is 0 Å². The van der Waals surface area contributed by atoms with Crippen molar-refractivity contribution in [2.45, 2.75) is 19.6 Å². The van der Waals surface area contributed by atoms with E-state index in [4.69, 9.17) is 4.74 Å². The van der Waals surface area contributed by atoms with Crippen LogP contribution in [0.25, 0.3) is 0 Å². The van der Waals surface area contributed by atoms with Crippen molar-refractivity contribution in [2.75, 3.05) is 6.54 Å². The fraction of sp³-hybridized carbons (Fsp3) is 0.400. The van der Waals surface area contributed by atoms with E-state index in [-0.39, 0.29) is 6.10 Å². The van der Waals surface area contributed by atoms with Gasteiger partial charge in [0.1, 0.15) is 11.9 Å². The van der Waals surface area contributed by atoms with Gasteiger partial charge in [-0.1, -0.05) is 6.07 Å². The van der Waals surface area contributed by atoms with E-state index in [0.29, 0.717) is 0 Å². The SMILES string of the molecule is C[C@H]1CNCc2c(I)cccc2O1. The Morgan fingerprint density at radius 3 is 3.23 bits per heavy atom. The molecule has 2 nitrogen and oxygen atoms in total. The van der Waals surface area contributed by atoms with Crippen LogP contribution in [0.15, 0.2) is 18.2 Å². The number of nitrogens with one attached hydrogen (secondary N) is 1. The molecule has 1 aliphatic heterocycles. The van der Waals surface area contributed by atoms with Gasteiger partial charge in [-0.15, -0.1) is 0 Å². The first kappa shape index (κ1) is 9.27. The third kappa shape index (κ3) is 1.96. The van der Waals surface area contributed by atoms with E-state index in [9.17, 15) is 0 Å². The summed E-state index contributed by atoms with van der Waals surface area (Å²) in [7, 11) is 0. The molecule has 0 aromatic heterocycles. The molecule has 0 fully saturated rings. The Bertz CT molecular complexity index is 314. The molecule has 1 aliphatic rings. The Morgan fingerprint density at radius 1 is 1.54 bits per heavy atom. The van der Waals surface area contributed by atoms with E-state index >= 15 is 0 Å². The van der Waals surface area contributed by atoms with Crippen molar-refractivity contribution in [3.05, 3.63) is 27.3 Å². The molecule has 0 amide bonds. The fourth-order valence-corrected chi connectivity index (χ4v) is 2.14. The normalized spacial score (nSPS) is 21.5. The maximum atomic E-state index is 5.77. The second kappa shape index (κ2) is 3.84. The highest BCUT2D eigenvalue weighted by Crippen LogP contribution is 2.26. The van der Waals surface area contributed by atoms with Crippen molar-refractivity contribution in [3.63, 3.8) is 0 Å². The lowest BCUT2D eigenvalue weighted by Gasteiger charge is -2.12. The summed E-state index contributed by atoms with van der Waals surface area (Å²) in [5.74, 6) is 1.03. The highest BCUT2D eigenvalue weighted by atomic mass is 127. The molecule has 0 spiro atoms. The van der Waals surface area contributed by atoms with Crippen LogP contribution in [0, 0.1) is 3.57 Å². The Kier molecular flexibility index (Phi) is 2.74. The molecule has 0 saturated carbocycles. The van der Waals surface area contributed by atoms with Crippen LogP contribution in [0.5, 0.6) is 5.75 Å². The van der Waals surface area contributed by atoms with Gasteiger partial charge in [0.2, 0.25) is 0 Å². The number of hydrogen-bond donors (Lipinski definition) is 1. The van der Waals surface area contributed by atoms with Gasteiger partial charge in [0.15, 0.2) is 0 Å². The standard InChI is InChI=1S/C10H12INO/c1-7-5-12-6-8-9(11)3-2-4-10(8)13-7/h2-4,7,12H,5-6H2,1H3/t7-/m0/s1. The zero-order valence-electron chi connectivity index (χ0n) is 7.51. The molecule has 1 heterocycles. The van der Waals surface area contributed by atoms with Gasteiger partial charge in [0.25, 0.3) is 0 Å². The molecule has 0 radical (unpaired) electrons. The Hall–Kier alpha value is -0.290. The molecule has 1 atom stereocenters. The van der Waals surface area contributed by atoms with Crippen molar-refractivity contribution >= 4 is 22.6 Å². The van der Waals surface area contributed by atoms with Crippen molar-refractivity contribution in [2.24, 2.45) is 0 Å². The molecule has 13 heavy (non-hydrogen) atoms. The third-order valence-electron chi connectivity index (χ3n) is 2.14. The maximum Gasteiger partial charge on any atom is 0.125 e. The predicted molar refractivity (Wildman–Crippen MR) is 61.0 cm³/mol. The summed E-state index contributed by atoms with van der Waals surface area (Å²) in [6, 6.07) is 6.19. The molecule has 3 heteroatoms. The average molecular weight is 289 g/mol. The van der Waals surface area contributed by atoms with E-state index in [1.165, 1.54) is 9.13 Å². The number of rotatable bonds is 0. The van der Waals surface area contributed by atoms with E-state index < -0.39 is 0 Å². The summed E-state index contributed by atoms with van der Waals surface area (Å²) < 4.78 is 7.05. The smallest absolute Gasteiger partial charge is 0.125 e. The van der Waals surface area contributed by atoms with E-state index in [1.807, 2.05) is 12.1 Å². The first-order chi connectivity index (χ1) is 6.27. The Balaban J connectivity index is 2.39. The summed E-state index contributed by atoms with van der Waals surface area (Å²) in [5, 5.41) is 3.36. The number of benzene rings is 1. The number of hydrogen-bond acceptors (Lipinski definition) is 2. The first-order valence-electron chi connectivity index (χ1n) is 4.42. The van der Waals surface area contributed by atoms with Crippen LogP contribution in [-0.4, -0.2) is 12.6 Å². The second-order valence-electron chi connectivity index (χ2n) is 3.28. The molecule has 1 aromatic carbocycles. The van der Waals surface area contributed by atoms with Crippen molar-refractivity contribution in [3.8, 4) is 5.75 Å². The number of halogens is 1. The van der Waals surface area contributed by atoms with E-state index in [2.05, 4.69) is 40.9 Å². The summed E-state index contributed by atoms with van der Waals surface area (Å²) in [4.78, 5) is 0. The molecule has 0 unspecified atom stereocenters. The number of ether oxygens (including phenoxy) is 1. The highest BCUT2D eigenvalue weighted by molar-refractivity contribution is 14.1. The third-order valence-corrected chi connectivity index (χ3v) is 3.15. The fourth-order valence-electron chi connectivity index (χ4n) is 1.48. The quantitative estimate of drug-likeness (QED) is 0.739. The number of fused-ring (bicyclic) bond motifs is 1. The molecular formula is C10H12INO. The topological polar surface area (TPSA) is 21.3 Å². The van der Waals surface area contributed by atoms with Crippen molar-refractivity contribution in [1.82, 2.24) is 5.32 Å². The van der Waals surface area contributed by atoms with Gasteiger partial charge in [-0.05, 0) is 41.6 Å². The monoisotopic (exact) mass is 289 g/mol. The molecule has 0 aliphatic carbocycles. The van der Waals surface area contributed by atoms with Crippen LogP contribution in [-0.2, 0) is 6.54 Å². The highest BCUT2D eigenvalue weighted by Gasteiger charge is 2.14. The van der Waals surface area contributed by atoms with Gasteiger partial charge in [-0.3, -0.25) is 0 Å². The van der Waals surface area contributed by atoms with Crippen LogP contribution < -0.4 is 10.1 Å². The van der Waals surface area contributed by atoms with Crippen LogP contribution in [0.1, 0.15) is 12.5 Å². The van der Waals surface area contributed by atoms with Gasteiger partial charge < -0.3 is 10.1 Å². The zero-order chi connectivity index (χ0) is 9.26. The second-order valence-corrected chi connectivity index (χ2v) is 4.44. The largest absolute Gasteiger partial charge is 0.489 e. The molecule has 2 rings (SSSR count). The minimum absolute atomic E-state index is 0.263. The van der Waals surface area contributed by atoms with Gasteiger partial charge in [0.05, 0.1) is 0 Å². The molecule has 0 bridgehead atoms. The lowest BCUT2D eigenvalue weighted by Crippen LogP contribution is -2.25. The minimum Gasteiger partial charge on any atom is -0.489 e. The molecule has 1 N–H and O–H groups in total. The molecular weight excluding hydrogens is 277 g/mol. The van der Waals surface area contributed by atoms with Crippen LogP contribution in [0.2, 0.25) is 0 Å². The summed E-state index contributed by atoms with van der Waals surface area (Å²) in [6.45, 7) is 3.92. The van der Waals surface area contributed by atoms with Crippen molar-refractivity contribution < 1.29 is 4.74 Å². The van der Waals surface area contributed by atoms with Gasteiger partial charge in [-0.25, -0.2) is 0 Å². The summed E-state index contributed by atoms with van der Waals surface area (Å²) in [5.41, 5.74) is 1.28. The van der Waals surface area contributed by atoms with Gasteiger partial charge in [0, 0.05) is 22.2 Å². The average Bonchev–Trinajstić information content (AvgIpc) is 2.27. The molecule has 1 aromatic rings. The van der Waals surface area contributed by atoms with Gasteiger partial charge in [-0.2, -0.15) is 0 Å². The maximum absolute atomic E-state index is 5.77. The first-order valence-corrected chi connectivity index (χ1v) is 5.50. The zero-order valence-corrected chi connectivity index (χ0v) is 9.67. The summed E-state index contributed by atoms with van der Waals surface area (Å²) in [6.07, 6.45) is 0.263. The van der Waals surface area contributed by atoms with Crippen LogP contribution >= 0.6 is 22.6 Å². The van der Waals surface area contributed by atoms with E-state index in [0.717, 1.165) is 18.8 Å². The lowest BCUT2D eigenvalue weighted by atomic mass is 10.2. The van der Waals surface area contributed by atoms with Crippen LogP contribution in [0.3, 0.4) is 0 Å².